The molecular formula is C11H20N2O3. The van der Waals surface area contributed by atoms with E-state index < -0.39 is 12.0 Å². The second-order valence-corrected chi connectivity index (χ2v) is 4.47. The Balaban J connectivity index is 2.70. The Hall–Kier alpha value is -1.10. The van der Waals surface area contributed by atoms with Gasteiger partial charge < -0.3 is 15.7 Å². The molecule has 1 heterocycles. The summed E-state index contributed by atoms with van der Waals surface area (Å²) in [7, 11) is 0. The van der Waals surface area contributed by atoms with Gasteiger partial charge in [0.05, 0.1) is 0 Å². The maximum atomic E-state index is 11.9. The molecule has 0 radical (unpaired) electrons. The lowest BCUT2D eigenvalue weighted by Gasteiger charge is -2.27. The maximum Gasteiger partial charge on any atom is 0.326 e. The SMILES string of the molecule is CC(N)CC(=O)N1CCCCCC1C(=O)O. The number of hydrogen-bond acceptors (Lipinski definition) is 3. The molecule has 1 saturated heterocycles. The molecule has 16 heavy (non-hydrogen) atoms. The van der Waals surface area contributed by atoms with Gasteiger partial charge in [0, 0.05) is 19.0 Å². The minimum absolute atomic E-state index is 0.135. The van der Waals surface area contributed by atoms with Crippen molar-refractivity contribution in [3.63, 3.8) is 0 Å². The van der Waals surface area contributed by atoms with Gasteiger partial charge in [-0.2, -0.15) is 0 Å². The van der Waals surface area contributed by atoms with Crippen LogP contribution in [0.15, 0.2) is 0 Å². The lowest BCUT2D eigenvalue weighted by atomic mass is 10.1. The van der Waals surface area contributed by atoms with E-state index in [2.05, 4.69) is 0 Å². The Morgan fingerprint density at radius 3 is 2.69 bits per heavy atom. The molecule has 0 aliphatic carbocycles. The molecule has 1 aliphatic heterocycles. The molecule has 0 aromatic carbocycles. The van der Waals surface area contributed by atoms with Gasteiger partial charge in [0.15, 0.2) is 0 Å². The molecule has 3 N–H and O–H groups in total. The summed E-state index contributed by atoms with van der Waals surface area (Å²) in [6.45, 7) is 2.30. The molecule has 1 aliphatic rings. The van der Waals surface area contributed by atoms with Crippen LogP contribution in [0.3, 0.4) is 0 Å². The summed E-state index contributed by atoms with van der Waals surface area (Å²) < 4.78 is 0. The van der Waals surface area contributed by atoms with Crippen molar-refractivity contribution in [2.45, 2.75) is 51.1 Å². The van der Waals surface area contributed by atoms with Gasteiger partial charge in [-0.25, -0.2) is 4.79 Å². The number of carbonyl (C=O) groups excluding carboxylic acids is 1. The zero-order valence-electron chi connectivity index (χ0n) is 9.69. The number of hydrogen-bond donors (Lipinski definition) is 2. The predicted octanol–water partition coefficient (Wildman–Crippen LogP) is 0.579. The second kappa shape index (κ2) is 5.84. The minimum Gasteiger partial charge on any atom is -0.480 e. The van der Waals surface area contributed by atoms with Gasteiger partial charge in [-0.1, -0.05) is 12.8 Å². The van der Waals surface area contributed by atoms with E-state index in [0.717, 1.165) is 19.3 Å². The monoisotopic (exact) mass is 228 g/mol. The highest BCUT2D eigenvalue weighted by atomic mass is 16.4. The molecule has 1 fully saturated rings. The molecular weight excluding hydrogens is 208 g/mol. The number of amides is 1. The first kappa shape index (κ1) is 13.0. The van der Waals surface area contributed by atoms with Crippen LogP contribution >= 0.6 is 0 Å². The number of aliphatic carboxylic acids is 1. The molecule has 0 aromatic heterocycles. The van der Waals surface area contributed by atoms with Crippen LogP contribution in [0.1, 0.15) is 39.0 Å². The number of nitrogens with two attached hydrogens (primary N) is 1. The molecule has 1 rings (SSSR count). The number of nitrogens with zero attached hydrogens (tertiary/aromatic N) is 1. The summed E-state index contributed by atoms with van der Waals surface area (Å²) in [5.74, 6) is -1.04. The number of carboxylic acids is 1. The van der Waals surface area contributed by atoms with Crippen LogP contribution in [0, 0.1) is 0 Å². The summed E-state index contributed by atoms with van der Waals surface area (Å²) >= 11 is 0. The molecule has 1 amide bonds. The quantitative estimate of drug-likeness (QED) is 0.740. The second-order valence-electron chi connectivity index (χ2n) is 4.47. The van der Waals surface area contributed by atoms with Crippen LogP contribution < -0.4 is 5.73 Å². The summed E-state index contributed by atoms with van der Waals surface area (Å²) in [5.41, 5.74) is 5.57. The lowest BCUT2D eigenvalue weighted by Crippen LogP contribution is -2.46. The van der Waals surface area contributed by atoms with Crippen LogP contribution in [-0.2, 0) is 9.59 Å². The number of carboxylic acid groups (broad SMARTS) is 1. The van der Waals surface area contributed by atoms with Crippen molar-refractivity contribution >= 4 is 11.9 Å². The third kappa shape index (κ3) is 3.48. The highest BCUT2D eigenvalue weighted by Crippen LogP contribution is 2.18. The van der Waals surface area contributed by atoms with Crippen LogP contribution in [0.2, 0.25) is 0 Å². The largest absolute Gasteiger partial charge is 0.480 e. The molecule has 92 valence electrons. The van der Waals surface area contributed by atoms with E-state index in [-0.39, 0.29) is 18.4 Å². The number of likely N-dealkylation sites (tertiary alicyclic amines) is 1. The Morgan fingerprint density at radius 2 is 2.12 bits per heavy atom. The van der Waals surface area contributed by atoms with Crippen LogP contribution in [-0.4, -0.2) is 40.5 Å². The van der Waals surface area contributed by atoms with Crippen molar-refractivity contribution in [2.75, 3.05) is 6.54 Å². The predicted molar refractivity (Wildman–Crippen MR) is 59.9 cm³/mol. The summed E-state index contributed by atoms with van der Waals surface area (Å²) in [6.07, 6.45) is 3.53. The summed E-state index contributed by atoms with van der Waals surface area (Å²) in [5, 5.41) is 9.09. The van der Waals surface area contributed by atoms with Crippen molar-refractivity contribution < 1.29 is 14.7 Å². The van der Waals surface area contributed by atoms with E-state index in [1.165, 1.54) is 4.90 Å². The van der Waals surface area contributed by atoms with Crippen molar-refractivity contribution in [2.24, 2.45) is 5.73 Å². The lowest BCUT2D eigenvalue weighted by molar-refractivity contribution is -0.150. The molecule has 0 bridgehead atoms. The van der Waals surface area contributed by atoms with Gasteiger partial charge in [-0.05, 0) is 19.8 Å². The zero-order valence-corrected chi connectivity index (χ0v) is 9.69. The van der Waals surface area contributed by atoms with E-state index in [1.807, 2.05) is 0 Å². The third-order valence-electron chi connectivity index (χ3n) is 2.85. The van der Waals surface area contributed by atoms with Crippen molar-refractivity contribution in [1.29, 1.82) is 0 Å². The van der Waals surface area contributed by atoms with E-state index in [1.54, 1.807) is 6.92 Å². The Morgan fingerprint density at radius 1 is 1.44 bits per heavy atom. The Kier molecular flexibility index (Phi) is 4.73. The fraction of sp³-hybridized carbons (Fsp3) is 0.818. The average molecular weight is 228 g/mol. The molecule has 5 heteroatoms. The first-order chi connectivity index (χ1) is 7.52. The standard InChI is InChI=1S/C11H20N2O3/c1-8(12)7-10(14)13-6-4-2-3-5-9(13)11(15)16/h8-9H,2-7,12H2,1H3,(H,15,16). The Bertz CT molecular complexity index is 266. The normalized spacial score (nSPS) is 23.6. The van der Waals surface area contributed by atoms with Gasteiger partial charge in [-0.15, -0.1) is 0 Å². The van der Waals surface area contributed by atoms with Gasteiger partial charge in [0.25, 0.3) is 0 Å². The van der Waals surface area contributed by atoms with E-state index in [0.29, 0.717) is 13.0 Å². The first-order valence-corrected chi connectivity index (χ1v) is 5.80. The highest BCUT2D eigenvalue weighted by Gasteiger charge is 2.30. The van der Waals surface area contributed by atoms with Gasteiger partial charge >= 0.3 is 5.97 Å². The molecule has 0 spiro atoms. The van der Waals surface area contributed by atoms with E-state index >= 15 is 0 Å². The summed E-state index contributed by atoms with van der Waals surface area (Å²) in [6, 6.07) is -0.876. The fourth-order valence-electron chi connectivity index (χ4n) is 2.06. The van der Waals surface area contributed by atoms with Gasteiger partial charge in [0.1, 0.15) is 6.04 Å². The maximum absolute atomic E-state index is 11.9. The van der Waals surface area contributed by atoms with Gasteiger partial charge in [-0.3, -0.25) is 4.79 Å². The molecule has 2 unspecified atom stereocenters. The first-order valence-electron chi connectivity index (χ1n) is 5.80. The zero-order chi connectivity index (χ0) is 12.1. The Labute approximate surface area is 95.6 Å². The topological polar surface area (TPSA) is 83.6 Å². The van der Waals surface area contributed by atoms with Crippen molar-refractivity contribution in [3.8, 4) is 0 Å². The van der Waals surface area contributed by atoms with Crippen LogP contribution in [0.5, 0.6) is 0 Å². The fourth-order valence-corrected chi connectivity index (χ4v) is 2.06. The highest BCUT2D eigenvalue weighted by molar-refractivity contribution is 5.84. The average Bonchev–Trinajstić information content (AvgIpc) is 2.40. The smallest absolute Gasteiger partial charge is 0.326 e. The number of carbonyl (C=O) groups is 2. The minimum atomic E-state index is -0.903. The van der Waals surface area contributed by atoms with Crippen LogP contribution in [0.25, 0.3) is 0 Å². The van der Waals surface area contributed by atoms with Crippen molar-refractivity contribution in [3.05, 3.63) is 0 Å². The molecule has 0 saturated carbocycles. The van der Waals surface area contributed by atoms with Crippen LogP contribution in [0.4, 0.5) is 0 Å². The van der Waals surface area contributed by atoms with E-state index in [4.69, 9.17) is 10.8 Å². The molecule has 5 nitrogen and oxygen atoms in total. The van der Waals surface area contributed by atoms with Crippen molar-refractivity contribution in [1.82, 2.24) is 4.90 Å². The van der Waals surface area contributed by atoms with E-state index in [9.17, 15) is 9.59 Å². The summed E-state index contributed by atoms with van der Waals surface area (Å²) in [4.78, 5) is 24.4. The third-order valence-corrected chi connectivity index (χ3v) is 2.85. The van der Waals surface area contributed by atoms with Gasteiger partial charge in [0.2, 0.25) is 5.91 Å². The molecule has 0 aromatic rings. The number of rotatable bonds is 3. The molecule has 2 atom stereocenters.